The molecule has 0 amide bonds. The van der Waals surface area contributed by atoms with Crippen LogP contribution in [0, 0.1) is 5.82 Å². The Bertz CT molecular complexity index is 1240. The highest BCUT2D eigenvalue weighted by atomic mass is 19.1. The van der Waals surface area contributed by atoms with E-state index in [1.54, 1.807) is 36.4 Å². The van der Waals surface area contributed by atoms with Gasteiger partial charge in [0.25, 0.3) is 0 Å². The second-order valence-corrected chi connectivity index (χ2v) is 10.4. The molecule has 1 atom stereocenters. The van der Waals surface area contributed by atoms with Crippen molar-refractivity contribution in [2.24, 2.45) is 0 Å². The first-order valence-electron chi connectivity index (χ1n) is 15.1. The van der Waals surface area contributed by atoms with Crippen LogP contribution in [0.3, 0.4) is 0 Å². The molecule has 3 aromatic carbocycles. The van der Waals surface area contributed by atoms with Crippen molar-refractivity contribution < 1.29 is 32.6 Å². The van der Waals surface area contributed by atoms with E-state index in [2.05, 4.69) is 13.8 Å². The van der Waals surface area contributed by atoms with Gasteiger partial charge in [-0.3, -0.25) is 0 Å². The highest BCUT2D eigenvalue weighted by Gasteiger charge is 2.19. The number of esters is 2. The van der Waals surface area contributed by atoms with Crippen LogP contribution in [0.25, 0.3) is 11.1 Å². The maximum Gasteiger partial charge on any atom is 0.346 e. The Kier molecular flexibility index (Phi) is 14.0. The van der Waals surface area contributed by atoms with Crippen molar-refractivity contribution in [1.29, 1.82) is 0 Å². The number of rotatable bonds is 18. The number of benzene rings is 3. The third kappa shape index (κ3) is 10.9. The monoisotopic (exact) mass is 580 g/mol. The van der Waals surface area contributed by atoms with Crippen molar-refractivity contribution in [2.75, 3.05) is 6.61 Å². The second kappa shape index (κ2) is 17.9. The van der Waals surface area contributed by atoms with Crippen LogP contribution in [-0.2, 0) is 4.79 Å². The predicted octanol–water partition coefficient (Wildman–Crippen LogP) is 9.67. The minimum Gasteiger partial charge on any atom is -0.491 e. The third-order valence-electron chi connectivity index (χ3n) is 6.96. The summed E-state index contributed by atoms with van der Waals surface area (Å²) in [5.41, 5.74) is 1.69. The number of carbonyl (C=O) groups excluding carboxylic acids is 2. The number of unbranched alkanes of at least 4 members (excludes halogenated alkanes) is 8. The summed E-state index contributed by atoms with van der Waals surface area (Å²) in [5.74, 6) is -1.23. The molecule has 0 heterocycles. The molecule has 3 aromatic rings. The molecule has 226 valence electrons. The van der Waals surface area contributed by atoms with Gasteiger partial charge in [0, 0.05) is 0 Å². The van der Waals surface area contributed by atoms with E-state index in [9.17, 15) is 18.4 Å². The maximum absolute atomic E-state index is 14.6. The van der Waals surface area contributed by atoms with Gasteiger partial charge in [0.1, 0.15) is 11.5 Å². The number of carbonyl (C=O) groups is 2. The minimum atomic E-state index is -1.67. The van der Waals surface area contributed by atoms with Crippen LogP contribution in [0.1, 0.15) is 94.8 Å². The molecule has 0 aliphatic heterocycles. The molecule has 0 saturated heterocycles. The topological polar surface area (TPSA) is 61.8 Å². The SMILES string of the molecule is CCCCCCCCOc1ccc(-c2ccc(OC(=O)c3ccc(OC(=O)[C@@H](F)CCCCCC)cc3)cc2)cc1F. The number of halogens is 2. The van der Waals surface area contributed by atoms with Gasteiger partial charge < -0.3 is 14.2 Å². The lowest BCUT2D eigenvalue weighted by molar-refractivity contribution is -0.140. The molecule has 0 unspecified atom stereocenters. The largest absolute Gasteiger partial charge is 0.491 e. The zero-order chi connectivity index (χ0) is 30.2. The Morgan fingerprint density at radius 2 is 1.26 bits per heavy atom. The van der Waals surface area contributed by atoms with Crippen LogP contribution in [0.5, 0.6) is 17.2 Å². The molecule has 0 radical (unpaired) electrons. The van der Waals surface area contributed by atoms with E-state index in [4.69, 9.17) is 14.2 Å². The van der Waals surface area contributed by atoms with Gasteiger partial charge in [-0.2, -0.15) is 0 Å². The van der Waals surface area contributed by atoms with E-state index in [1.165, 1.54) is 56.0 Å². The van der Waals surface area contributed by atoms with Crippen molar-refractivity contribution in [3.05, 3.63) is 78.1 Å². The summed E-state index contributed by atoms with van der Waals surface area (Å²) in [5, 5.41) is 0. The standard InChI is InChI=1S/C35H42F2O5/c1-3-5-7-9-10-12-24-40-33-23-18-28(25-32(33)37)26-14-19-29(20-15-26)41-34(38)27-16-21-30(22-17-27)42-35(39)31(36)13-11-8-6-4-2/h14-23,25,31H,3-13,24H2,1-2H3/t31-/m0/s1. The van der Waals surface area contributed by atoms with E-state index in [-0.39, 0.29) is 23.5 Å². The molecule has 5 nitrogen and oxygen atoms in total. The first-order chi connectivity index (χ1) is 20.4. The van der Waals surface area contributed by atoms with Gasteiger partial charge in [0.15, 0.2) is 17.7 Å². The maximum atomic E-state index is 14.6. The molecule has 0 aromatic heterocycles. The zero-order valence-corrected chi connectivity index (χ0v) is 24.7. The summed E-state index contributed by atoms with van der Waals surface area (Å²) in [4.78, 5) is 24.6. The van der Waals surface area contributed by atoms with Crippen LogP contribution in [0.15, 0.2) is 66.7 Å². The highest BCUT2D eigenvalue weighted by molar-refractivity contribution is 5.91. The van der Waals surface area contributed by atoms with Crippen LogP contribution in [0.2, 0.25) is 0 Å². The first-order valence-corrected chi connectivity index (χ1v) is 15.1. The fraction of sp³-hybridized carbons (Fsp3) is 0.429. The molecule has 42 heavy (non-hydrogen) atoms. The van der Waals surface area contributed by atoms with Crippen molar-refractivity contribution in [1.82, 2.24) is 0 Å². The van der Waals surface area contributed by atoms with Crippen molar-refractivity contribution >= 4 is 11.9 Å². The van der Waals surface area contributed by atoms with Crippen molar-refractivity contribution in [2.45, 2.75) is 90.6 Å². The van der Waals surface area contributed by atoms with Crippen LogP contribution < -0.4 is 14.2 Å². The Balaban J connectivity index is 1.47. The zero-order valence-electron chi connectivity index (χ0n) is 24.7. The third-order valence-corrected chi connectivity index (χ3v) is 6.96. The average molecular weight is 581 g/mol. The normalized spacial score (nSPS) is 11.6. The van der Waals surface area contributed by atoms with E-state index >= 15 is 0 Å². The Morgan fingerprint density at radius 1 is 0.690 bits per heavy atom. The van der Waals surface area contributed by atoms with E-state index < -0.39 is 23.9 Å². The van der Waals surface area contributed by atoms with Crippen LogP contribution in [0.4, 0.5) is 8.78 Å². The summed E-state index contributed by atoms with van der Waals surface area (Å²) in [6, 6.07) is 17.4. The molecule has 0 N–H and O–H groups in total. The lowest BCUT2D eigenvalue weighted by Gasteiger charge is -2.10. The lowest BCUT2D eigenvalue weighted by atomic mass is 10.1. The summed E-state index contributed by atoms with van der Waals surface area (Å²) in [6.07, 6.45) is 8.86. The van der Waals surface area contributed by atoms with Crippen LogP contribution >= 0.6 is 0 Å². The number of hydrogen-bond donors (Lipinski definition) is 0. The quantitative estimate of drug-likeness (QED) is 0.0851. The lowest BCUT2D eigenvalue weighted by Crippen LogP contribution is -2.21. The molecular weight excluding hydrogens is 538 g/mol. The predicted molar refractivity (Wildman–Crippen MR) is 161 cm³/mol. The molecule has 0 fully saturated rings. The van der Waals surface area contributed by atoms with Gasteiger partial charge in [0.05, 0.1) is 12.2 Å². The number of alkyl halides is 1. The molecule has 3 rings (SSSR count). The Hall–Kier alpha value is -3.74. The summed E-state index contributed by atoms with van der Waals surface area (Å²) < 4.78 is 44.8. The van der Waals surface area contributed by atoms with Gasteiger partial charge in [-0.05, 0) is 78.9 Å². The van der Waals surface area contributed by atoms with E-state index in [0.717, 1.165) is 37.7 Å². The van der Waals surface area contributed by atoms with Crippen molar-refractivity contribution in [3.8, 4) is 28.4 Å². The van der Waals surface area contributed by atoms with E-state index in [0.29, 0.717) is 24.3 Å². The van der Waals surface area contributed by atoms with Gasteiger partial charge in [0.2, 0.25) is 0 Å². The summed E-state index contributed by atoms with van der Waals surface area (Å²) >= 11 is 0. The highest BCUT2D eigenvalue weighted by Crippen LogP contribution is 2.28. The Labute approximate surface area is 248 Å². The molecule has 0 aliphatic rings. The van der Waals surface area contributed by atoms with E-state index in [1.807, 2.05) is 0 Å². The number of hydrogen-bond acceptors (Lipinski definition) is 5. The molecule has 7 heteroatoms. The summed E-state index contributed by atoms with van der Waals surface area (Å²) in [6.45, 7) is 4.74. The van der Waals surface area contributed by atoms with Crippen molar-refractivity contribution in [3.63, 3.8) is 0 Å². The molecule has 0 bridgehead atoms. The number of ether oxygens (including phenoxy) is 3. The molecule has 0 aliphatic carbocycles. The molecule has 0 saturated carbocycles. The minimum absolute atomic E-state index is 0.135. The fourth-order valence-electron chi connectivity index (χ4n) is 4.45. The van der Waals surface area contributed by atoms with Gasteiger partial charge in [-0.15, -0.1) is 0 Å². The first kappa shape index (κ1) is 32.8. The van der Waals surface area contributed by atoms with Gasteiger partial charge >= 0.3 is 11.9 Å². The van der Waals surface area contributed by atoms with Gasteiger partial charge in [-0.1, -0.05) is 83.4 Å². The second-order valence-electron chi connectivity index (χ2n) is 10.4. The fourth-order valence-corrected chi connectivity index (χ4v) is 4.45. The summed E-state index contributed by atoms with van der Waals surface area (Å²) in [7, 11) is 0. The molecule has 0 spiro atoms. The Morgan fingerprint density at radius 3 is 1.93 bits per heavy atom. The molecular formula is C35H42F2O5. The average Bonchev–Trinajstić information content (AvgIpc) is 3.00. The van der Waals surface area contributed by atoms with Crippen LogP contribution in [-0.4, -0.2) is 24.7 Å². The smallest absolute Gasteiger partial charge is 0.346 e. The van der Waals surface area contributed by atoms with Gasteiger partial charge in [-0.25, -0.2) is 18.4 Å².